The van der Waals surface area contributed by atoms with Crippen molar-refractivity contribution in [3.63, 3.8) is 0 Å². The van der Waals surface area contributed by atoms with Gasteiger partial charge in [-0.1, -0.05) is 45.8 Å². The van der Waals surface area contributed by atoms with E-state index in [0.717, 1.165) is 16.0 Å². The number of hydrogen-bond acceptors (Lipinski definition) is 2. The molecular weight excluding hydrogens is 379 g/mol. The molecule has 1 fully saturated rings. The quantitative estimate of drug-likeness (QED) is 0.371. The highest BCUT2D eigenvalue weighted by molar-refractivity contribution is 7.19. The Morgan fingerprint density at radius 3 is 2.59 bits per heavy atom. The first-order chi connectivity index (χ1) is 14.0. The molecule has 160 valence electrons. The first-order valence-corrected chi connectivity index (χ1v) is 12.4. The minimum atomic E-state index is -0.191. The van der Waals surface area contributed by atoms with Gasteiger partial charge in [0.25, 0.3) is 0 Å². The van der Waals surface area contributed by atoms with Gasteiger partial charge >= 0.3 is 0 Å². The van der Waals surface area contributed by atoms with E-state index >= 15 is 0 Å². The van der Waals surface area contributed by atoms with Gasteiger partial charge in [-0.25, -0.2) is 4.39 Å². The van der Waals surface area contributed by atoms with Crippen molar-refractivity contribution in [3.05, 3.63) is 41.0 Å². The van der Waals surface area contributed by atoms with E-state index in [0.29, 0.717) is 30.1 Å². The van der Waals surface area contributed by atoms with Gasteiger partial charge in [-0.05, 0) is 86.3 Å². The second-order valence-corrected chi connectivity index (χ2v) is 10.0. The lowest BCUT2D eigenvalue weighted by Crippen LogP contribution is -2.11. The van der Waals surface area contributed by atoms with Crippen LogP contribution in [0.1, 0.15) is 83.4 Å². The van der Waals surface area contributed by atoms with E-state index in [1.165, 1.54) is 49.8 Å². The lowest BCUT2D eigenvalue weighted by Gasteiger charge is -2.26. The normalized spacial score (nSPS) is 22.2. The molecule has 2 aromatic rings. The van der Waals surface area contributed by atoms with Gasteiger partial charge < -0.3 is 4.74 Å². The van der Waals surface area contributed by atoms with Gasteiger partial charge in [0.15, 0.2) is 11.6 Å². The maximum atomic E-state index is 14.7. The number of benzene rings is 1. The van der Waals surface area contributed by atoms with Crippen LogP contribution >= 0.6 is 11.3 Å². The highest BCUT2D eigenvalue weighted by atomic mass is 32.1. The molecule has 0 aliphatic heterocycles. The molecule has 29 heavy (non-hydrogen) atoms. The van der Waals surface area contributed by atoms with Crippen molar-refractivity contribution in [2.24, 2.45) is 17.8 Å². The summed E-state index contributed by atoms with van der Waals surface area (Å²) in [6.07, 6.45) is 13.8. The average molecular weight is 417 g/mol. The van der Waals surface area contributed by atoms with Crippen LogP contribution < -0.4 is 4.74 Å². The van der Waals surface area contributed by atoms with Crippen molar-refractivity contribution in [3.8, 4) is 5.75 Å². The molecule has 1 aliphatic rings. The molecule has 3 rings (SSSR count). The Morgan fingerprint density at radius 1 is 1.14 bits per heavy atom. The topological polar surface area (TPSA) is 9.23 Å². The van der Waals surface area contributed by atoms with Crippen molar-refractivity contribution in [1.82, 2.24) is 0 Å². The number of fused-ring (bicyclic) bond motifs is 1. The lowest BCUT2D eigenvalue weighted by atomic mass is 9.80. The Labute approximate surface area is 180 Å². The van der Waals surface area contributed by atoms with Crippen LogP contribution in [0.2, 0.25) is 0 Å². The van der Waals surface area contributed by atoms with Crippen LogP contribution in [0.5, 0.6) is 5.75 Å². The van der Waals surface area contributed by atoms with E-state index < -0.39 is 0 Å². The van der Waals surface area contributed by atoms with Crippen LogP contribution in [0.4, 0.5) is 4.39 Å². The minimum Gasteiger partial charge on any atom is -0.491 e. The molecule has 0 radical (unpaired) electrons. The lowest BCUT2D eigenvalue weighted by molar-refractivity contribution is 0.323. The fraction of sp³-hybridized carbons (Fsp3) is 0.615. The molecule has 0 N–H and O–H groups in total. The summed E-state index contributed by atoms with van der Waals surface area (Å²) < 4.78 is 20.9. The van der Waals surface area contributed by atoms with E-state index in [2.05, 4.69) is 39.0 Å². The molecular formula is C26H37FOS. The van der Waals surface area contributed by atoms with Gasteiger partial charge in [-0.15, -0.1) is 11.3 Å². The fourth-order valence-corrected chi connectivity index (χ4v) is 5.59. The summed E-state index contributed by atoms with van der Waals surface area (Å²) in [5.41, 5.74) is 0. The van der Waals surface area contributed by atoms with Crippen LogP contribution in [0.25, 0.3) is 10.1 Å². The third-order valence-electron chi connectivity index (χ3n) is 6.61. The summed E-state index contributed by atoms with van der Waals surface area (Å²) in [4.78, 5) is 1.34. The third-order valence-corrected chi connectivity index (χ3v) is 7.91. The largest absolute Gasteiger partial charge is 0.491 e. The molecule has 2 atom stereocenters. The monoisotopic (exact) mass is 416 g/mol. The third kappa shape index (κ3) is 5.84. The second-order valence-electron chi connectivity index (χ2n) is 8.94. The summed E-state index contributed by atoms with van der Waals surface area (Å²) >= 11 is 1.63. The Morgan fingerprint density at radius 2 is 1.90 bits per heavy atom. The van der Waals surface area contributed by atoms with Gasteiger partial charge in [0.05, 0.1) is 11.3 Å². The van der Waals surface area contributed by atoms with E-state index in [1.54, 1.807) is 17.4 Å². The van der Waals surface area contributed by atoms with Crippen LogP contribution in [-0.4, -0.2) is 6.61 Å². The molecule has 1 aliphatic carbocycles. The summed E-state index contributed by atoms with van der Waals surface area (Å²) in [5.74, 6) is 3.01. The predicted octanol–water partition coefficient (Wildman–Crippen LogP) is 8.73. The van der Waals surface area contributed by atoms with Crippen molar-refractivity contribution < 1.29 is 9.13 Å². The Kier molecular flexibility index (Phi) is 8.17. The predicted molar refractivity (Wildman–Crippen MR) is 125 cm³/mol. The Hall–Kier alpha value is -1.35. The molecule has 0 amide bonds. The molecule has 0 spiro atoms. The highest BCUT2D eigenvalue weighted by Crippen LogP contribution is 2.42. The van der Waals surface area contributed by atoms with Crippen LogP contribution in [0, 0.1) is 23.6 Å². The summed E-state index contributed by atoms with van der Waals surface area (Å²) in [6.45, 7) is 9.38. The first-order valence-electron chi connectivity index (χ1n) is 11.5. The van der Waals surface area contributed by atoms with E-state index in [1.807, 2.05) is 13.0 Å². The van der Waals surface area contributed by atoms with E-state index in [9.17, 15) is 4.39 Å². The second kappa shape index (κ2) is 10.6. The van der Waals surface area contributed by atoms with Crippen LogP contribution in [0.3, 0.4) is 0 Å². The number of allylic oxidation sites excluding steroid dienone is 2. The molecule has 2 unspecified atom stereocenters. The zero-order chi connectivity index (χ0) is 20.8. The molecule has 1 aromatic carbocycles. The summed E-state index contributed by atoms with van der Waals surface area (Å²) in [6, 6.07) is 5.97. The standard InChI is InChI=1S/C26H37FOS/c1-5-18(3)7-8-19(4)9-10-20-11-13-21(14-12-20)24-17-22-15-16-23(28-6-2)25(27)26(22)29-24/h9-10,15-21H,5-8,11-14H2,1-4H3/b10-9+. The number of rotatable bonds is 9. The Bertz CT molecular complexity index is 800. The number of ether oxygens (including phenoxy) is 1. The molecule has 1 aromatic heterocycles. The minimum absolute atomic E-state index is 0.191. The molecule has 3 heteroatoms. The maximum absolute atomic E-state index is 14.7. The fourth-order valence-electron chi connectivity index (χ4n) is 4.33. The molecule has 0 saturated heterocycles. The van der Waals surface area contributed by atoms with E-state index in [4.69, 9.17) is 4.74 Å². The average Bonchev–Trinajstić information content (AvgIpc) is 3.18. The summed E-state index contributed by atoms with van der Waals surface area (Å²) in [7, 11) is 0. The molecule has 1 heterocycles. The van der Waals surface area contributed by atoms with Gasteiger partial charge in [0.2, 0.25) is 0 Å². The van der Waals surface area contributed by atoms with E-state index in [-0.39, 0.29) is 5.82 Å². The maximum Gasteiger partial charge on any atom is 0.182 e. The molecule has 0 bridgehead atoms. The van der Waals surface area contributed by atoms with Gasteiger partial charge in [-0.2, -0.15) is 0 Å². The zero-order valence-corrected chi connectivity index (χ0v) is 19.4. The van der Waals surface area contributed by atoms with Crippen molar-refractivity contribution in [2.75, 3.05) is 6.61 Å². The van der Waals surface area contributed by atoms with Gasteiger partial charge in [0.1, 0.15) is 0 Å². The van der Waals surface area contributed by atoms with Crippen LogP contribution in [0.15, 0.2) is 30.4 Å². The van der Waals surface area contributed by atoms with Gasteiger partial charge in [0, 0.05) is 4.88 Å². The molecule has 1 nitrogen and oxygen atoms in total. The first kappa shape index (κ1) is 22.3. The van der Waals surface area contributed by atoms with Crippen molar-refractivity contribution in [1.29, 1.82) is 0 Å². The Balaban J connectivity index is 1.55. The van der Waals surface area contributed by atoms with Crippen molar-refractivity contribution in [2.45, 2.75) is 78.6 Å². The van der Waals surface area contributed by atoms with Gasteiger partial charge in [-0.3, -0.25) is 0 Å². The summed E-state index contributed by atoms with van der Waals surface area (Å²) in [5, 5.41) is 1.02. The molecule has 1 saturated carbocycles. The SMILES string of the molecule is CCOc1ccc2cc(C3CCC(/C=C/C(C)CCC(C)CC)CC3)sc2c1F. The van der Waals surface area contributed by atoms with Crippen molar-refractivity contribution >= 4 is 21.4 Å². The number of thiophene rings is 1. The number of halogens is 1. The number of hydrogen-bond donors (Lipinski definition) is 0. The highest BCUT2D eigenvalue weighted by Gasteiger charge is 2.23. The smallest absolute Gasteiger partial charge is 0.182 e. The zero-order valence-electron chi connectivity index (χ0n) is 18.5. The van der Waals surface area contributed by atoms with Crippen LogP contribution in [-0.2, 0) is 0 Å².